The van der Waals surface area contributed by atoms with Crippen molar-refractivity contribution in [2.45, 2.75) is 158 Å². The number of carbonyl (C=O) groups is 14. The quantitative estimate of drug-likeness (QED) is 0.00249. The fraction of sp³-hybridized carbons (Fsp3) is 0.315. The van der Waals surface area contributed by atoms with Crippen LogP contribution < -0.4 is 53.4 Å². The van der Waals surface area contributed by atoms with Crippen LogP contribution in [-0.2, 0) is 117 Å². The van der Waals surface area contributed by atoms with Crippen LogP contribution in [0, 0.1) is 0 Å². The van der Waals surface area contributed by atoms with Gasteiger partial charge in [0.25, 0.3) is 35.4 Å². The summed E-state index contributed by atoms with van der Waals surface area (Å²) in [7, 11) is 10.3. The second-order valence-corrected chi connectivity index (χ2v) is 34.4. The van der Waals surface area contributed by atoms with Gasteiger partial charge in [0.05, 0.1) is 107 Å². The van der Waals surface area contributed by atoms with Crippen molar-refractivity contribution in [3.8, 4) is 0 Å². The zero-order chi connectivity index (χ0) is 106. The van der Waals surface area contributed by atoms with Crippen LogP contribution in [0.15, 0.2) is 261 Å². The molecule has 145 heavy (non-hydrogen) atoms. The Balaban J connectivity index is 0.000000274. The molecule has 2 aliphatic rings. The lowest BCUT2D eigenvalue weighted by Gasteiger charge is -2.42. The van der Waals surface area contributed by atoms with E-state index in [1.54, 1.807) is 67.7 Å². The van der Waals surface area contributed by atoms with Crippen LogP contribution in [0.3, 0.4) is 0 Å². The van der Waals surface area contributed by atoms with Gasteiger partial charge in [0.1, 0.15) is 39.5 Å². The van der Waals surface area contributed by atoms with E-state index in [1.165, 1.54) is 35.4 Å². The number of nitrogens with one attached hydrogen (secondary N) is 8. The Labute approximate surface area is 844 Å². The molecule has 37 nitrogen and oxygen atoms in total. The number of carbonyl (C=O) groups excluding carboxylic acids is 13. The Morgan fingerprint density at radius 3 is 1.02 bits per heavy atom. The fourth-order valence-corrected chi connectivity index (χ4v) is 13.9. The molecule has 0 aromatic heterocycles. The predicted molar refractivity (Wildman–Crippen MR) is 543 cm³/mol. The zero-order valence-electron chi connectivity index (χ0n) is 83.8. The number of rotatable bonds is 39. The average molecular weight is 2000 g/mol. The third kappa shape index (κ3) is 43.2. The number of benzene rings is 10. The summed E-state index contributed by atoms with van der Waals surface area (Å²) < 4.78 is 16.9. The van der Waals surface area contributed by atoms with E-state index in [0.717, 1.165) is 76.0 Å². The summed E-state index contributed by atoms with van der Waals surface area (Å²) in [4.78, 5) is 171. The van der Waals surface area contributed by atoms with E-state index in [9.17, 15) is 72.2 Å². The number of nitrogens with zero attached hydrogens (tertiary/aromatic N) is 5. The number of amides is 12. The first-order valence-electron chi connectivity index (χ1n) is 47.4. The molecule has 2 atom stereocenters. The summed E-state index contributed by atoms with van der Waals surface area (Å²) in [6.07, 6.45) is -1.04. The fourth-order valence-electron chi connectivity index (χ4n) is 13.9. The molecule has 772 valence electrons. The number of carboxylic acid groups (broad SMARTS) is 1. The van der Waals surface area contributed by atoms with E-state index >= 15 is 0 Å². The number of carboxylic acids is 1. The second-order valence-electron chi connectivity index (χ2n) is 34.4. The molecule has 0 saturated carbocycles. The van der Waals surface area contributed by atoms with E-state index < -0.39 is 60.3 Å². The topological polar surface area (TPSA) is 498 Å². The van der Waals surface area contributed by atoms with Crippen LogP contribution in [0.1, 0.15) is 184 Å². The van der Waals surface area contributed by atoms with E-state index in [0.29, 0.717) is 97.1 Å². The van der Waals surface area contributed by atoms with Crippen LogP contribution in [0.5, 0.6) is 0 Å². The number of hydrogen-bond donors (Lipinski definition) is 12. The number of imide groups is 2. The lowest BCUT2D eigenvalue weighted by molar-refractivity contribution is -1.05. The average Bonchev–Trinajstić information content (AvgIpc) is 1.49. The van der Waals surface area contributed by atoms with E-state index in [-0.39, 0.29) is 107 Å². The zero-order valence-corrected chi connectivity index (χ0v) is 83.8. The molecule has 2 heterocycles. The summed E-state index contributed by atoms with van der Waals surface area (Å²) in [6.45, 7) is 18.7. The number of hydrogen-bond acceptors (Lipinski definition) is 23. The van der Waals surface area contributed by atoms with Gasteiger partial charge in [0, 0.05) is 87.0 Å². The molecule has 0 radical (unpaired) electrons. The first-order chi connectivity index (χ1) is 69.4. The molecule has 2 aliphatic heterocycles. The maximum absolute atomic E-state index is 12.9. The minimum Gasteiger partial charge on any atom is -0.780 e. The van der Waals surface area contributed by atoms with Gasteiger partial charge in [0.15, 0.2) is 6.41 Å². The molecule has 13 N–H and O–H groups in total. The Kier molecular flexibility index (Phi) is 50.7. The van der Waals surface area contributed by atoms with Gasteiger partial charge in [-0.1, -0.05) is 254 Å². The molecule has 10 aromatic carbocycles. The molecule has 2 unspecified atom stereocenters. The van der Waals surface area contributed by atoms with E-state index in [4.69, 9.17) is 40.4 Å². The second kappa shape index (κ2) is 62.4. The molecular formula is C108H134N14O23+2. The maximum Gasteiger partial charge on any atom is 0.411 e. The lowest BCUT2D eigenvalue weighted by Crippen LogP contribution is -2.59. The van der Waals surface area contributed by atoms with Crippen molar-refractivity contribution >= 4 is 106 Å². The molecule has 2 saturated heterocycles. The minimum atomic E-state index is -1.52. The van der Waals surface area contributed by atoms with Crippen molar-refractivity contribution in [2.24, 2.45) is 0 Å². The van der Waals surface area contributed by atoms with E-state index in [2.05, 4.69) is 99.9 Å². The number of nitrogen functional groups attached to an aromatic ring is 1. The molecule has 12 rings (SSSR count). The molecule has 0 spiro atoms. The molecule has 10 aromatic rings. The molecule has 12 amide bonds. The highest BCUT2D eigenvalue weighted by Crippen LogP contribution is 2.25. The number of aromatic carboxylic acids is 1. The van der Waals surface area contributed by atoms with Crippen LogP contribution in [0.25, 0.3) is 0 Å². The monoisotopic (exact) mass is 1990 g/mol. The number of quaternary nitrogens is 3. The molecule has 0 bridgehead atoms. The van der Waals surface area contributed by atoms with Gasteiger partial charge >= 0.3 is 30.2 Å². The van der Waals surface area contributed by atoms with E-state index in [1.807, 2.05) is 193 Å². The third-order valence-electron chi connectivity index (χ3n) is 21.8. The van der Waals surface area contributed by atoms with Crippen LogP contribution in [-0.4, -0.2) is 197 Å². The number of hydroxylamine groups is 4. The number of para-hydroxylation sites is 4. The SMILES string of the molecule is CC.CCC(=O)NCc1ccc(C[N+](C)(C)CCNC(=O)c2ccccc2N)cc1.CCC(=O)NCc1ccc(C[N+](C)(C)CCNC(=O)c2ccccc2NC(=O)OCc2ccccc2)cc1.CCC[N+](C)(Cc1ccc(CNC(=O)CC)cc1)C([O-])OO.O=C(Nc1ccccc1C(=O)O)OCc1ccccc1.O=C(Nc1ccccc1C(=O)ON1C(=O)CCC1=O)OCc1ccccc1.O=C1CCC(=O)N1O. The summed E-state index contributed by atoms with van der Waals surface area (Å²) in [5, 5.41) is 60.6. The van der Waals surface area contributed by atoms with Crippen molar-refractivity contribution in [3.63, 3.8) is 0 Å². The van der Waals surface area contributed by atoms with Gasteiger partial charge < -0.3 is 75.0 Å². The predicted octanol–water partition coefficient (Wildman–Crippen LogP) is 14.3. The standard InChI is InChI=1S/C30H36N4O4.C22H30N4O2.C19H16N2O6.C16H26N2O4.C15H13NO4.C4H5NO3.C2H6/c1-4-28(35)32-20-23-14-16-24(17-15-23)21-34(2,3)19-18-31-29(36)26-12-8-9-13-27(26)33-30(37)38-22-25-10-6-5-7-11-25;1-4-21(27)25-15-17-9-11-18(12-10-17)16-26(2,3)14-13-24-22(28)19-7-5-6-8-20(19)23;22-16-10-11-17(23)21(16)27-18(24)14-8-4-5-9-15(14)20-19(25)26-12-13-6-2-1-3-7-13;1-4-10-18(3,16(20)22-21)12-14-8-6-13(7-9-14)11-17-15(19)5-2;17-14(18)12-8-4-5-9-13(12)16-15(19)20-10-11-6-2-1-3-7-11;6-3-1-2-4(7)5(3)8;1-2/h5-17H,4,18-22H2,1-3H3,(H2-,31,32,33,35,36,37);5-12H,4,13-16H2,1-3H3,(H3-,23,24,25,27,28);1-9H,10-12H2,(H,20,25);6-9,16,21H,4-5,10-12H2,1-3H3,(H,17,19);1-9H,10H2,(H,16,19)(H,17,18);8H,1-2H2;1-2H3/p+2. The highest BCUT2D eigenvalue weighted by atomic mass is 17.1. The third-order valence-corrected chi connectivity index (χ3v) is 21.8. The first kappa shape index (κ1) is 118. The maximum atomic E-state index is 12.9. The van der Waals surface area contributed by atoms with Crippen LogP contribution in [0.2, 0.25) is 0 Å². The number of likely N-dealkylation sites (N-methyl/N-ethyl adjacent to an activating group) is 2. The Hall–Kier alpha value is -15.9. The molecule has 2 fully saturated rings. The Morgan fingerprint density at radius 2 is 0.683 bits per heavy atom. The number of nitrogens with two attached hydrogens (primary N) is 1. The van der Waals surface area contributed by atoms with Crippen molar-refractivity contribution < 1.29 is 125 Å². The smallest absolute Gasteiger partial charge is 0.411 e. The summed E-state index contributed by atoms with van der Waals surface area (Å²) in [5.41, 5.74) is 17.1. The highest BCUT2D eigenvalue weighted by Gasteiger charge is 2.35. The molecule has 0 aliphatic carbocycles. The Morgan fingerprint density at radius 1 is 0.379 bits per heavy atom. The van der Waals surface area contributed by atoms with Gasteiger partial charge in [-0.25, -0.2) is 29.2 Å². The number of ether oxygens (including phenoxy) is 3. The normalized spacial score (nSPS) is 12.3. The van der Waals surface area contributed by atoms with Gasteiger partial charge in [-0.2, -0.15) is 9.95 Å². The van der Waals surface area contributed by atoms with Gasteiger partial charge in [0.2, 0.25) is 17.7 Å². The Bertz CT molecular complexity index is 5810. The highest BCUT2D eigenvalue weighted by molar-refractivity contribution is 6.06. The van der Waals surface area contributed by atoms with Crippen LogP contribution >= 0.6 is 0 Å². The minimum absolute atomic E-state index is 0.00216. The van der Waals surface area contributed by atoms with Crippen molar-refractivity contribution in [1.29, 1.82) is 0 Å². The van der Waals surface area contributed by atoms with Crippen molar-refractivity contribution in [3.05, 3.63) is 333 Å². The van der Waals surface area contributed by atoms with Crippen molar-refractivity contribution in [1.82, 2.24) is 36.7 Å². The largest absolute Gasteiger partial charge is 0.780 e. The van der Waals surface area contributed by atoms with Gasteiger partial charge in [-0.15, -0.1) is 5.06 Å². The number of anilines is 4. The summed E-state index contributed by atoms with van der Waals surface area (Å²) >= 11 is 0. The van der Waals surface area contributed by atoms with Gasteiger partial charge in [-0.3, -0.25) is 64.3 Å². The van der Waals surface area contributed by atoms with Crippen molar-refractivity contribution in [2.75, 3.05) is 89.6 Å². The van der Waals surface area contributed by atoms with Gasteiger partial charge in [-0.05, 0) is 88.3 Å². The lowest BCUT2D eigenvalue weighted by atomic mass is 10.1. The first-order valence-corrected chi connectivity index (χ1v) is 47.4. The summed E-state index contributed by atoms with van der Waals surface area (Å²) in [6, 6.07) is 78.1. The molecule has 37 heteroatoms. The molecular weight excluding hydrogens is 1860 g/mol. The van der Waals surface area contributed by atoms with Crippen LogP contribution in [0.4, 0.5) is 37.1 Å². The summed E-state index contributed by atoms with van der Waals surface area (Å²) in [5.74, 6) is -4.50.